The topological polar surface area (TPSA) is 111 Å². The van der Waals surface area contributed by atoms with Crippen molar-refractivity contribution < 1.29 is 23.2 Å². The average molecular weight is 607 g/mol. The molecule has 1 aromatic carbocycles. The third kappa shape index (κ3) is 8.36. The van der Waals surface area contributed by atoms with Crippen LogP contribution in [0.4, 0.5) is 4.79 Å². The average Bonchev–Trinajstić information content (AvgIpc) is 3.36. The summed E-state index contributed by atoms with van der Waals surface area (Å²) >= 11 is 0. The molecule has 0 N–H and O–H groups in total. The van der Waals surface area contributed by atoms with Gasteiger partial charge < -0.3 is 23.3 Å². The summed E-state index contributed by atoms with van der Waals surface area (Å²) in [5, 5.41) is 14.6. The van der Waals surface area contributed by atoms with Gasteiger partial charge in [-0.1, -0.05) is 25.9 Å². The third-order valence-electron chi connectivity index (χ3n) is 8.54. The molecule has 1 aliphatic rings. The summed E-state index contributed by atoms with van der Waals surface area (Å²) in [6, 6.07) is 9.61. The predicted molar refractivity (Wildman–Crippen MR) is 168 cm³/mol. The number of carbonyl (C=O) groups is 1. The van der Waals surface area contributed by atoms with Crippen LogP contribution in [0.25, 0.3) is 11.0 Å². The number of nitriles is 1. The lowest BCUT2D eigenvalue weighted by Gasteiger charge is -2.36. The number of hydrogen-bond acceptors (Lipinski definition) is 8. The Labute approximate surface area is 256 Å². The van der Waals surface area contributed by atoms with Crippen molar-refractivity contribution in [2.75, 3.05) is 13.1 Å². The lowest BCUT2D eigenvalue weighted by Crippen LogP contribution is -2.41. The van der Waals surface area contributed by atoms with Crippen LogP contribution in [0.15, 0.2) is 35.0 Å². The van der Waals surface area contributed by atoms with E-state index in [4.69, 9.17) is 23.7 Å². The number of benzene rings is 1. The third-order valence-corrected chi connectivity index (χ3v) is 13.0. The van der Waals surface area contributed by atoms with Gasteiger partial charge in [0.1, 0.15) is 24.0 Å². The molecule has 2 aromatic heterocycles. The Morgan fingerprint density at radius 2 is 1.81 bits per heavy atom. The van der Waals surface area contributed by atoms with Crippen molar-refractivity contribution in [3.63, 3.8) is 0 Å². The molecule has 1 fully saturated rings. The normalized spacial score (nSPS) is 15.0. The van der Waals surface area contributed by atoms with Crippen LogP contribution in [0, 0.1) is 17.2 Å². The number of ether oxygens (including phenoxy) is 2. The molecule has 1 aliphatic heterocycles. The highest BCUT2D eigenvalue weighted by Gasteiger charge is 2.37. The van der Waals surface area contributed by atoms with Gasteiger partial charge in [-0.2, -0.15) is 5.26 Å². The smallest absolute Gasteiger partial charge is 0.410 e. The largest absolute Gasteiger partial charge is 0.487 e. The molecule has 3 heterocycles. The molecule has 0 atom stereocenters. The molecular weight excluding hydrogens is 560 g/mol. The van der Waals surface area contributed by atoms with Gasteiger partial charge in [0.25, 0.3) is 0 Å². The monoisotopic (exact) mass is 606 g/mol. The molecule has 0 saturated carbocycles. The van der Waals surface area contributed by atoms with Crippen LogP contribution in [0.2, 0.25) is 18.1 Å². The van der Waals surface area contributed by atoms with Crippen molar-refractivity contribution in [2.24, 2.45) is 5.92 Å². The Kier molecular flexibility index (Phi) is 9.87. The van der Waals surface area contributed by atoms with Crippen LogP contribution >= 0.6 is 0 Å². The van der Waals surface area contributed by atoms with Gasteiger partial charge in [-0.05, 0) is 94.8 Å². The van der Waals surface area contributed by atoms with E-state index in [2.05, 4.69) is 50.1 Å². The van der Waals surface area contributed by atoms with Crippen LogP contribution in [0.3, 0.4) is 0 Å². The molecule has 9 nitrogen and oxygen atoms in total. The van der Waals surface area contributed by atoms with Gasteiger partial charge >= 0.3 is 6.09 Å². The van der Waals surface area contributed by atoms with E-state index in [0.29, 0.717) is 42.5 Å². The Morgan fingerprint density at radius 3 is 2.42 bits per heavy atom. The first-order valence-corrected chi connectivity index (χ1v) is 18.1. The molecule has 3 aromatic rings. The number of pyridine rings is 1. The summed E-state index contributed by atoms with van der Waals surface area (Å²) in [5.41, 5.74) is 3.22. The van der Waals surface area contributed by atoms with Crippen LogP contribution in [-0.2, 0) is 28.8 Å². The molecule has 232 valence electrons. The van der Waals surface area contributed by atoms with Gasteiger partial charge in [-0.15, -0.1) is 0 Å². The van der Waals surface area contributed by atoms with Crippen LogP contribution in [0.5, 0.6) is 5.75 Å². The van der Waals surface area contributed by atoms with Crippen molar-refractivity contribution in [2.45, 2.75) is 104 Å². The summed E-state index contributed by atoms with van der Waals surface area (Å²) in [6.07, 6.45) is 4.98. The summed E-state index contributed by atoms with van der Waals surface area (Å²) in [6.45, 7) is 18.9. The summed E-state index contributed by atoms with van der Waals surface area (Å²) in [7, 11) is -2.05. The van der Waals surface area contributed by atoms with E-state index in [0.717, 1.165) is 48.0 Å². The van der Waals surface area contributed by atoms with E-state index in [1.165, 1.54) is 0 Å². The van der Waals surface area contributed by atoms with Gasteiger partial charge in [0.05, 0.1) is 29.1 Å². The number of hydrogen-bond donors (Lipinski definition) is 0. The standard InChI is InChI=1S/C33H46N4O5Si/c1-32(2,3)41-31(38)37-17-15-23(16-18-37)10-13-28-26-12-14-29(39-21-25-11-9-24(19-34)20-35-25)27(30(26)42-36-28)22-40-43(7,8)33(4,5)6/h9,11-12,14,20,23H,10,13,15-18,21-22H2,1-8H3. The molecule has 1 saturated heterocycles. The number of aryl methyl sites for hydroxylation is 1. The number of aromatic nitrogens is 2. The molecular formula is C33H46N4O5Si. The zero-order valence-electron chi connectivity index (χ0n) is 27.0. The summed E-state index contributed by atoms with van der Waals surface area (Å²) in [5.74, 6) is 1.18. The highest BCUT2D eigenvalue weighted by molar-refractivity contribution is 6.74. The number of fused-ring (bicyclic) bond motifs is 1. The molecule has 1 amide bonds. The highest BCUT2D eigenvalue weighted by Crippen LogP contribution is 2.39. The number of nitrogens with zero attached hydrogens (tertiary/aromatic N) is 4. The zero-order valence-corrected chi connectivity index (χ0v) is 28.0. The zero-order chi connectivity index (χ0) is 31.4. The van der Waals surface area contributed by atoms with E-state index < -0.39 is 13.9 Å². The Bertz CT molecular complexity index is 1440. The number of amides is 1. The quantitative estimate of drug-likeness (QED) is 0.227. The van der Waals surface area contributed by atoms with E-state index >= 15 is 0 Å². The lowest BCUT2D eigenvalue weighted by molar-refractivity contribution is 0.0181. The van der Waals surface area contributed by atoms with Crippen LogP contribution in [-0.4, -0.2) is 48.1 Å². The SMILES string of the molecule is CC(C)(C)OC(=O)N1CCC(CCc2noc3c(CO[Si](C)(C)C(C)(C)C)c(OCc4ccc(C#N)cn4)ccc23)CC1. The second-order valence-corrected chi connectivity index (χ2v) is 18.8. The number of piperidine rings is 1. The van der Waals surface area contributed by atoms with Crippen molar-refractivity contribution in [1.82, 2.24) is 15.0 Å². The molecule has 0 bridgehead atoms. The number of likely N-dealkylation sites (tertiary alicyclic amines) is 1. The Hall–Kier alpha value is -3.42. The highest BCUT2D eigenvalue weighted by atomic mass is 28.4. The first-order valence-electron chi connectivity index (χ1n) is 15.2. The second-order valence-electron chi connectivity index (χ2n) is 14.0. The summed E-state index contributed by atoms with van der Waals surface area (Å²) < 4.78 is 24.4. The second kappa shape index (κ2) is 13.1. The molecule has 0 spiro atoms. The molecule has 10 heteroatoms. The van der Waals surface area contributed by atoms with Gasteiger partial charge in [0.2, 0.25) is 0 Å². The molecule has 0 aliphatic carbocycles. The lowest BCUT2D eigenvalue weighted by atomic mass is 9.91. The fourth-order valence-corrected chi connectivity index (χ4v) is 5.75. The molecule has 43 heavy (non-hydrogen) atoms. The Morgan fingerprint density at radius 1 is 1.09 bits per heavy atom. The van der Waals surface area contributed by atoms with E-state index in [1.807, 2.05) is 37.8 Å². The maximum atomic E-state index is 12.4. The fourth-order valence-electron chi connectivity index (χ4n) is 4.81. The van der Waals surface area contributed by atoms with Crippen molar-refractivity contribution in [3.05, 3.63) is 53.0 Å². The maximum Gasteiger partial charge on any atom is 0.410 e. The minimum absolute atomic E-state index is 0.0555. The van der Waals surface area contributed by atoms with Gasteiger partial charge in [-0.25, -0.2) is 4.79 Å². The van der Waals surface area contributed by atoms with Crippen LogP contribution < -0.4 is 4.74 Å². The molecule has 0 unspecified atom stereocenters. The van der Waals surface area contributed by atoms with E-state index in [1.54, 1.807) is 18.3 Å². The first-order chi connectivity index (χ1) is 20.2. The number of carbonyl (C=O) groups excluding carboxylic acids is 1. The summed E-state index contributed by atoms with van der Waals surface area (Å²) in [4.78, 5) is 18.6. The minimum Gasteiger partial charge on any atom is -0.487 e. The predicted octanol–water partition coefficient (Wildman–Crippen LogP) is 7.77. The van der Waals surface area contributed by atoms with Gasteiger partial charge in [0, 0.05) is 24.7 Å². The van der Waals surface area contributed by atoms with Crippen LogP contribution in [0.1, 0.15) is 83.3 Å². The molecule has 0 radical (unpaired) electrons. The fraction of sp³-hybridized carbons (Fsp3) is 0.576. The first kappa shape index (κ1) is 32.5. The number of rotatable bonds is 9. The van der Waals surface area contributed by atoms with Crippen molar-refractivity contribution in [1.29, 1.82) is 5.26 Å². The van der Waals surface area contributed by atoms with Crippen molar-refractivity contribution >= 4 is 25.4 Å². The van der Waals surface area contributed by atoms with Gasteiger partial charge in [0.15, 0.2) is 13.9 Å². The molecule has 4 rings (SSSR count). The minimum atomic E-state index is -2.05. The van der Waals surface area contributed by atoms with Gasteiger partial charge in [-0.3, -0.25) is 4.98 Å². The maximum absolute atomic E-state index is 12.4. The Balaban J connectivity index is 1.47. The van der Waals surface area contributed by atoms with Crippen molar-refractivity contribution in [3.8, 4) is 11.8 Å². The van der Waals surface area contributed by atoms with E-state index in [9.17, 15) is 4.79 Å². The van der Waals surface area contributed by atoms with E-state index in [-0.39, 0.29) is 17.7 Å².